The topological polar surface area (TPSA) is 90.0 Å². The molecule has 3 N–H and O–H groups in total. The molecule has 2 aromatic rings. The largest absolute Gasteiger partial charge is 0.398 e. The minimum atomic E-state index is -3.62. The van der Waals surface area contributed by atoms with E-state index in [1.54, 1.807) is 30.2 Å². The summed E-state index contributed by atoms with van der Waals surface area (Å²) in [6.07, 6.45) is 5.01. The number of rotatable bonds is 5. The number of nitrogen functional groups attached to an aromatic ring is 1. The number of sulfonamides is 1. The Balaban J connectivity index is 2.10. The van der Waals surface area contributed by atoms with Crippen molar-refractivity contribution >= 4 is 27.3 Å². The molecule has 1 aromatic carbocycles. The van der Waals surface area contributed by atoms with Gasteiger partial charge in [-0.25, -0.2) is 18.1 Å². The number of hydrogen-bond donors (Lipinski definition) is 2. The second kappa shape index (κ2) is 5.82. The van der Waals surface area contributed by atoms with Crippen LogP contribution in [0.3, 0.4) is 0 Å². The average molecular weight is 315 g/mol. The van der Waals surface area contributed by atoms with E-state index < -0.39 is 10.0 Å². The molecule has 0 bridgehead atoms. The van der Waals surface area contributed by atoms with Crippen molar-refractivity contribution in [1.29, 1.82) is 0 Å². The van der Waals surface area contributed by atoms with Crippen molar-refractivity contribution in [1.82, 2.24) is 14.3 Å². The van der Waals surface area contributed by atoms with Gasteiger partial charge in [0.05, 0.1) is 11.2 Å². The molecule has 8 heteroatoms. The van der Waals surface area contributed by atoms with E-state index >= 15 is 0 Å². The molecule has 6 nitrogen and oxygen atoms in total. The minimum absolute atomic E-state index is 0.0660. The van der Waals surface area contributed by atoms with Crippen LogP contribution in [-0.2, 0) is 16.6 Å². The SMILES string of the molecule is Cc1c(N)cc(S(=O)(=O)NCCn2ccnc2)cc1Cl. The van der Waals surface area contributed by atoms with E-state index in [9.17, 15) is 8.42 Å². The predicted octanol–water partition coefficient (Wildman–Crippen LogP) is 1.41. The second-order valence-corrected chi connectivity index (χ2v) is 6.49. The molecule has 0 radical (unpaired) electrons. The number of hydrogen-bond acceptors (Lipinski definition) is 4. The monoisotopic (exact) mass is 314 g/mol. The summed E-state index contributed by atoms with van der Waals surface area (Å²) in [5.74, 6) is 0. The summed E-state index contributed by atoms with van der Waals surface area (Å²) in [6.45, 7) is 2.49. The molecule has 0 atom stereocenters. The van der Waals surface area contributed by atoms with Crippen molar-refractivity contribution in [3.05, 3.63) is 41.4 Å². The van der Waals surface area contributed by atoms with Gasteiger partial charge in [0, 0.05) is 36.2 Å². The number of halogens is 1. The van der Waals surface area contributed by atoms with E-state index in [1.165, 1.54) is 12.1 Å². The third-order valence-corrected chi connectivity index (χ3v) is 4.72. The molecule has 0 saturated heterocycles. The molecule has 0 aliphatic heterocycles. The van der Waals surface area contributed by atoms with Gasteiger partial charge in [-0.1, -0.05) is 11.6 Å². The van der Waals surface area contributed by atoms with Gasteiger partial charge in [-0.05, 0) is 24.6 Å². The maximum atomic E-state index is 12.1. The Morgan fingerprint density at radius 3 is 2.80 bits per heavy atom. The molecule has 0 aliphatic carbocycles. The zero-order chi connectivity index (χ0) is 14.8. The first-order valence-corrected chi connectivity index (χ1v) is 7.77. The van der Waals surface area contributed by atoms with Gasteiger partial charge in [0.15, 0.2) is 0 Å². The van der Waals surface area contributed by atoms with E-state index in [0.717, 1.165) is 0 Å². The van der Waals surface area contributed by atoms with Crippen molar-refractivity contribution in [2.75, 3.05) is 12.3 Å². The van der Waals surface area contributed by atoms with Gasteiger partial charge in [0.1, 0.15) is 0 Å². The molecule has 1 heterocycles. The van der Waals surface area contributed by atoms with Crippen LogP contribution in [0.5, 0.6) is 0 Å². The Morgan fingerprint density at radius 1 is 1.45 bits per heavy atom. The molecular formula is C12H15ClN4O2S. The first-order valence-electron chi connectivity index (χ1n) is 5.91. The highest BCUT2D eigenvalue weighted by molar-refractivity contribution is 7.89. The Kier molecular flexibility index (Phi) is 4.32. The first kappa shape index (κ1) is 14.8. The molecule has 0 fully saturated rings. The second-order valence-electron chi connectivity index (χ2n) is 4.32. The predicted molar refractivity (Wildman–Crippen MR) is 78.0 cm³/mol. The van der Waals surface area contributed by atoms with E-state index in [-0.39, 0.29) is 11.4 Å². The van der Waals surface area contributed by atoms with Gasteiger partial charge in [-0.15, -0.1) is 0 Å². The van der Waals surface area contributed by atoms with Crippen LogP contribution in [0.2, 0.25) is 5.02 Å². The summed E-state index contributed by atoms with van der Waals surface area (Å²) >= 11 is 5.96. The van der Waals surface area contributed by atoms with Gasteiger partial charge in [-0.3, -0.25) is 0 Å². The van der Waals surface area contributed by atoms with Gasteiger partial charge < -0.3 is 10.3 Å². The number of anilines is 1. The van der Waals surface area contributed by atoms with Gasteiger partial charge >= 0.3 is 0 Å². The molecule has 108 valence electrons. The third-order valence-electron chi connectivity index (χ3n) is 2.89. The number of benzene rings is 1. The Labute approximate surface area is 122 Å². The lowest BCUT2D eigenvalue weighted by molar-refractivity contribution is 0.573. The molecular weight excluding hydrogens is 300 g/mol. The van der Waals surface area contributed by atoms with Crippen LogP contribution in [0.15, 0.2) is 35.7 Å². The van der Waals surface area contributed by atoms with Crippen molar-refractivity contribution in [2.24, 2.45) is 0 Å². The van der Waals surface area contributed by atoms with Gasteiger partial charge in [0.2, 0.25) is 10.0 Å². The summed E-state index contributed by atoms with van der Waals surface area (Å²) in [4.78, 5) is 3.95. The van der Waals surface area contributed by atoms with Crippen LogP contribution in [0.1, 0.15) is 5.56 Å². The quantitative estimate of drug-likeness (QED) is 0.816. The average Bonchev–Trinajstić information content (AvgIpc) is 2.88. The van der Waals surface area contributed by atoms with Crippen LogP contribution >= 0.6 is 11.6 Å². The standard InChI is InChI=1S/C12H15ClN4O2S/c1-9-11(13)6-10(7-12(9)14)20(18,19)16-3-5-17-4-2-15-8-17/h2,4,6-8,16H,3,5,14H2,1H3. The lowest BCUT2D eigenvalue weighted by Crippen LogP contribution is -2.27. The lowest BCUT2D eigenvalue weighted by atomic mass is 10.2. The lowest BCUT2D eigenvalue weighted by Gasteiger charge is -2.10. The Bertz CT molecular complexity index is 675. The zero-order valence-corrected chi connectivity index (χ0v) is 12.4. The summed E-state index contributed by atoms with van der Waals surface area (Å²) in [6, 6.07) is 2.80. The molecule has 0 amide bonds. The molecule has 0 unspecified atom stereocenters. The van der Waals surface area contributed by atoms with Crippen LogP contribution in [0.25, 0.3) is 0 Å². The normalized spacial score (nSPS) is 11.7. The van der Waals surface area contributed by atoms with Crippen molar-refractivity contribution < 1.29 is 8.42 Å². The van der Waals surface area contributed by atoms with Crippen LogP contribution < -0.4 is 10.5 Å². The van der Waals surface area contributed by atoms with Crippen LogP contribution in [0, 0.1) is 6.92 Å². The third kappa shape index (κ3) is 3.30. The van der Waals surface area contributed by atoms with E-state index in [4.69, 9.17) is 17.3 Å². The summed E-state index contributed by atoms with van der Waals surface area (Å²) in [7, 11) is -3.62. The molecule has 0 spiro atoms. The van der Waals surface area contributed by atoms with Crippen molar-refractivity contribution in [2.45, 2.75) is 18.4 Å². The van der Waals surface area contributed by atoms with E-state index in [2.05, 4.69) is 9.71 Å². The molecule has 20 heavy (non-hydrogen) atoms. The highest BCUT2D eigenvalue weighted by atomic mass is 35.5. The number of aromatic nitrogens is 2. The minimum Gasteiger partial charge on any atom is -0.398 e. The summed E-state index contributed by atoms with van der Waals surface area (Å²) in [5, 5.41) is 0.333. The number of imidazole rings is 1. The highest BCUT2D eigenvalue weighted by Crippen LogP contribution is 2.25. The highest BCUT2D eigenvalue weighted by Gasteiger charge is 2.16. The van der Waals surface area contributed by atoms with Crippen LogP contribution in [0.4, 0.5) is 5.69 Å². The smallest absolute Gasteiger partial charge is 0.240 e. The fourth-order valence-corrected chi connectivity index (χ4v) is 3.01. The fraction of sp³-hybridized carbons (Fsp3) is 0.250. The maximum Gasteiger partial charge on any atom is 0.240 e. The van der Waals surface area contributed by atoms with Crippen molar-refractivity contribution in [3.63, 3.8) is 0 Å². The maximum absolute atomic E-state index is 12.1. The van der Waals surface area contributed by atoms with Crippen molar-refractivity contribution in [3.8, 4) is 0 Å². The molecule has 0 aliphatic rings. The number of nitrogens with zero attached hydrogens (tertiary/aromatic N) is 2. The Morgan fingerprint density at radius 2 is 2.20 bits per heavy atom. The number of nitrogens with two attached hydrogens (primary N) is 1. The zero-order valence-electron chi connectivity index (χ0n) is 10.9. The van der Waals surface area contributed by atoms with Crippen LogP contribution in [-0.4, -0.2) is 24.5 Å². The molecule has 2 rings (SSSR count). The van der Waals surface area contributed by atoms with Gasteiger partial charge in [0.25, 0.3) is 0 Å². The first-order chi connectivity index (χ1) is 9.40. The Hall–Kier alpha value is -1.57. The van der Waals surface area contributed by atoms with E-state index in [1.807, 2.05) is 0 Å². The molecule has 0 saturated carbocycles. The summed E-state index contributed by atoms with van der Waals surface area (Å²) in [5.41, 5.74) is 6.76. The molecule has 1 aromatic heterocycles. The van der Waals surface area contributed by atoms with E-state index in [0.29, 0.717) is 22.8 Å². The summed E-state index contributed by atoms with van der Waals surface area (Å²) < 4.78 is 28.5. The fourth-order valence-electron chi connectivity index (χ4n) is 1.64. The number of nitrogens with one attached hydrogen (secondary N) is 1. The van der Waals surface area contributed by atoms with Gasteiger partial charge in [-0.2, -0.15) is 0 Å².